The topological polar surface area (TPSA) is 97.3 Å². The minimum absolute atomic E-state index is 0.0916. The van der Waals surface area contributed by atoms with E-state index in [1.54, 1.807) is 55.6 Å². The lowest BCUT2D eigenvalue weighted by molar-refractivity contribution is -0.119. The lowest BCUT2D eigenvalue weighted by atomic mass is 10.1. The molecule has 0 heterocycles. The van der Waals surface area contributed by atoms with E-state index in [9.17, 15) is 13.2 Å². The zero-order valence-corrected chi connectivity index (χ0v) is 23.4. The highest BCUT2D eigenvalue weighted by Crippen LogP contribution is 2.29. The summed E-state index contributed by atoms with van der Waals surface area (Å²) in [4.78, 5) is 13.0. The SMILES string of the molecule is COc1cc(/C=N\NC(=O)CN(c2cccc(C)c2C)S(=O)(=O)c2ccccc2)ccc1OCc1ccccc1. The normalized spacial score (nSPS) is 11.3. The van der Waals surface area contributed by atoms with Crippen LogP contribution in [0.4, 0.5) is 5.69 Å². The molecule has 206 valence electrons. The van der Waals surface area contributed by atoms with Crippen molar-refractivity contribution in [2.45, 2.75) is 25.3 Å². The summed E-state index contributed by atoms with van der Waals surface area (Å²) >= 11 is 0. The number of nitrogens with zero attached hydrogens (tertiary/aromatic N) is 2. The quantitative estimate of drug-likeness (QED) is 0.201. The van der Waals surface area contributed by atoms with Gasteiger partial charge in [-0.15, -0.1) is 0 Å². The van der Waals surface area contributed by atoms with Crippen LogP contribution in [0.1, 0.15) is 22.3 Å². The van der Waals surface area contributed by atoms with Gasteiger partial charge in [-0.3, -0.25) is 9.10 Å². The van der Waals surface area contributed by atoms with Crippen molar-refractivity contribution in [3.63, 3.8) is 0 Å². The first-order valence-corrected chi connectivity index (χ1v) is 14.0. The van der Waals surface area contributed by atoms with E-state index in [-0.39, 0.29) is 4.90 Å². The van der Waals surface area contributed by atoms with Crippen LogP contribution in [0.3, 0.4) is 0 Å². The molecule has 9 heteroatoms. The minimum Gasteiger partial charge on any atom is -0.493 e. The van der Waals surface area contributed by atoms with Gasteiger partial charge in [-0.05, 0) is 72.5 Å². The van der Waals surface area contributed by atoms with E-state index in [2.05, 4.69) is 10.5 Å². The average molecular weight is 558 g/mol. The predicted molar refractivity (Wildman–Crippen MR) is 156 cm³/mol. The molecule has 0 aliphatic heterocycles. The molecule has 4 aromatic rings. The largest absolute Gasteiger partial charge is 0.493 e. The Labute approximate surface area is 234 Å². The highest BCUT2D eigenvalue weighted by molar-refractivity contribution is 7.92. The summed E-state index contributed by atoms with van der Waals surface area (Å²) in [5, 5.41) is 4.04. The van der Waals surface area contributed by atoms with Gasteiger partial charge in [-0.25, -0.2) is 13.8 Å². The summed E-state index contributed by atoms with van der Waals surface area (Å²) in [6.07, 6.45) is 1.45. The van der Waals surface area contributed by atoms with Crippen molar-refractivity contribution in [1.82, 2.24) is 5.43 Å². The Morgan fingerprint density at radius 1 is 0.900 bits per heavy atom. The predicted octanol–water partition coefficient (Wildman–Crippen LogP) is 5.24. The van der Waals surface area contributed by atoms with Crippen molar-refractivity contribution in [2.24, 2.45) is 5.10 Å². The Hall–Kier alpha value is -4.63. The number of methoxy groups -OCH3 is 1. The molecule has 0 unspecified atom stereocenters. The number of nitrogens with one attached hydrogen (secondary N) is 1. The number of anilines is 1. The molecule has 4 aromatic carbocycles. The van der Waals surface area contributed by atoms with Gasteiger partial charge in [0.25, 0.3) is 15.9 Å². The van der Waals surface area contributed by atoms with Gasteiger partial charge in [0.05, 0.1) is 23.9 Å². The highest BCUT2D eigenvalue weighted by Gasteiger charge is 2.28. The van der Waals surface area contributed by atoms with Crippen LogP contribution in [0.15, 0.2) is 107 Å². The van der Waals surface area contributed by atoms with Crippen LogP contribution in [0, 0.1) is 13.8 Å². The molecule has 0 aromatic heterocycles. The van der Waals surface area contributed by atoms with Crippen LogP contribution >= 0.6 is 0 Å². The fourth-order valence-electron chi connectivity index (χ4n) is 3.99. The van der Waals surface area contributed by atoms with E-state index >= 15 is 0 Å². The smallest absolute Gasteiger partial charge is 0.264 e. The summed E-state index contributed by atoms with van der Waals surface area (Å²) in [6.45, 7) is 3.66. The Balaban J connectivity index is 1.48. The first-order chi connectivity index (χ1) is 19.3. The Morgan fingerprint density at radius 2 is 1.60 bits per heavy atom. The Bertz CT molecular complexity index is 1590. The minimum atomic E-state index is -4.01. The molecule has 1 N–H and O–H groups in total. The van der Waals surface area contributed by atoms with Crippen molar-refractivity contribution in [2.75, 3.05) is 18.0 Å². The van der Waals surface area contributed by atoms with Crippen molar-refractivity contribution in [3.05, 3.63) is 119 Å². The molecule has 4 rings (SSSR count). The molecular weight excluding hydrogens is 526 g/mol. The number of hydrogen-bond donors (Lipinski definition) is 1. The fraction of sp³-hybridized carbons (Fsp3) is 0.161. The van der Waals surface area contributed by atoms with Gasteiger partial charge >= 0.3 is 0 Å². The van der Waals surface area contributed by atoms with E-state index < -0.39 is 22.5 Å². The molecule has 0 aliphatic carbocycles. The summed E-state index contributed by atoms with van der Waals surface area (Å²) in [5.41, 5.74) is 6.23. The number of hydrazone groups is 1. The van der Waals surface area contributed by atoms with E-state index in [0.29, 0.717) is 29.4 Å². The lowest BCUT2D eigenvalue weighted by Crippen LogP contribution is -2.40. The monoisotopic (exact) mass is 557 g/mol. The molecule has 0 radical (unpaired) electrons. The van der Waals surface area contributed by atoms with E-state index in [1.165, 1.54) is 18.3 Å². The van der Waals surface area contributed by atoms with Crippen LogP contribution in [-0.2, 0) is 21.4 Å². The van der Waals surface area contributed by atoms with Gasteiger partial charge in [-0.2, -0.15) is 5.10 Å². The van der Waals surface area contributed by atoms with Gasteiger partial charge < -0.3 is 9.47 Å². The van der Waals surface area contributed by atoms with E-state index in [0.717, 1.165) is 21.0 Å². The Morgan fingerprint density at radius 3 is 2.30 bits per heavy atom. The van der Waals surface area contributed by atoms with Crippen molar-refractivity contribution < 1.29 is 22.7 Å². The molecule has 0 saturated heterocycles. The first-order valence-electron chi connectivity index (χ1n) is 12.6. The number of benzene rings is 4. The second-order valence-electron chi connectivity index (χ2n) is 9.02. The summed E-state index contributed by atoms with van der Waals surface area (Å²) < 4.78 is 39.6. The van der Waals surface area contributed by atoms with Crippen LogP contribution in [0.2, 0.25) is 0 Å². The van der Waals surface area contributed by atoms with Gasteiger partial charge in [0.1, 0.15) is 13.2 Å². The summed E-state index contributed by atoms with van der Waals surface area (Å²) in [5.74, 6) is 0.496. The highest BCUT2D eigenvalue weighted by atomic mass is 32.2. The molecular formula is C31H31N3O5S. The molecule has 40 heavy (non-hydrogen) atoms. The number of amides is 1. The summed E-state index contributed by atoms with van der Waals surface area (Å²) in [7, 11) is -2.47. The average Bonchev–Trinajstić information content (AvgIpc) is 2.97. The summed E-state index contributed by atoms with van der Waals surface area (Å²) in [6, 6.07) is 28.4. The van der Waals surface area contributed by atoms with E-state index in [1.807, 2.05) is 50.2 Å². The van der Waals surface area contributed by atoms with Crippen LogP contribution in [0.5, 0.6) is 11.5 Å². The maximum atomic E-state index is 13.6. The number of carbonyl (C=O) groups excluding carboxylic acids is 1. The standard InChI is InChI=1S/C31H31N3O5S/c1-23-11-10-16-28(24(23)2)34(40(36,37)27-14-8-5-9-15-27)21-31(35)33-32-20-26-17-18-29(30(19-26)38-3)39-22-25-12-6-4-7-13-25/h4-20H,21-22H2,1-3H3,(H,33,35)/b32-20-. The van der Waals surface area contributed by atoms with Crippen LogP contribution in [0.25, 0.3) is 0 Å². The molecule has 8 nitrogen and oxygen atoms in total. The van der Waals surface area contributed by atoms with Crippen LogP contribution < -0.4 is 19.2 Å². The lowest BCUT2D eigenvalue weighted by Gasteiger charge is -2.26. The van der Waals surface area contributed by atoms with Crippen molar-refractivity contribution in [3.8, 4) is 11.5 Å². The van der Waals surface area contributed by atoms with Crippen LogP contribution in [-0.4, -0.2) is 34.2 Å². The first kappa shape index (κ1) is 28.4. The molecule has 0 atom stereocenters. The zero-order chi connectivity index (χ0) is 28.5. The maximum absolute atomic E-state index is 13.6. The second kappa shape index (κ2) is 12.9. The third-order valence-electron chi connectivity index (χ3n) is 6.29. The van der Waals surface area contributed by atoms with Gasteiger partial charge in [0.2, 0.25) is 0 Å². The Kier molecular flexibility index (Phi) is 9.19. The molecule has 0 saturated carbocycles. The van der Waals surface area contributed by atoms with Crippen molar-refractivity contribution >= 4 is 27.8 Å². The number of rotatable bonds is 11. The number of carbonyl (C=O) groups is 1. The number of sulfonamides is 1. The molecule has 0 fully saturated rings. The van der Waals surface area contributed by atoms with Gasteiger partial charge in [0, 0.05) is 0 Å². The fourth-order valence-corrected chi connectivity index (χ4v) is 5.49. The van der Waals surface area contributed by atoms with Crippen molar-refractivity contribution in [1.29, 1.82) is 0 Å². The van der Waals surface area contributed by atoms with E-state index in [4.69, 9.17) is 9.47 Å². The van der Waals surface area contributed by atoms with Gasteiger partial charge in [0.15, 0.2) is 11.5 Å². The number of hydrogen-bond acceptors (Lipinski definition) is 6. The molecule has 0 bridgehead atoms. The zero-order valence-electron chi connectivity index (χ0n) is 22.6. The third-order valence-corrected chi connectivity index (χ3v) is 8.06. The van der Waals surface area contributed by atoms with Gasteiger partial charge in [-0.1, -0.05) is 60.7 Å². The number of aryl methyl sites for hydroxylation is 1. The molecule has 1 amide bonds. The molecule has 0 aliphatic rings. The third kappa shape index (κ3) is 6.86. The second-order valence-corrected chi connectivity index (χ2v) is 10.9. The number of ether oxygens (including phenoxy) is 2. The maximum Gasteiger partial charge on any atom is 0.264 e. The molecule has 0 spiro atoms.